The summed E-state index contributed by atoms with van der Waals surface area (Å²) in [5.41, 5.74) is 0. The fourth-order valence-corrected chi connectivity index (χ4v) is 1.72. The van der Waals surface area contributed by atoms with Crippen molar-refractivity contribution in [3.05, 3.63) is 0 Å². The number of carbonyl (C=O) groups excluding carboxylic acids is 2. The predicted molar refractivity (Wildman–Crippen MR) is 59.9 cm³/mol. The summed E-state index contributed by atoms with van der Waals surface area (Å²) in [7, 11) is 0. The first kappa shape index (κ1) is 14.3. The Kier molecular flexibility index (Phi) is 4.11. The summed E-state index contributed by atoms with van der Waals surface area (Å²) in [5.74, 6) is -2.58. The lowest BCUT2D eigenvalue weighted by molar-refractivity contribution is -0.139. The molecule has 0 aromatic heterocycles. The lowest BCUT2D eigenvalue weighted by Gasteiger charge is -2.26. The molecule has 7 heteroatoms. The highest BCUT2D eigenvalue weighted by atomic mass is 79.9. The summed E-state index contributed by atoms with van der Waals surface area (Å²) in [6.07, 6.45) is -0.850. The van der Waals surface area contributed by atoms with Crippen molar-refractivity contribution in [2.45, 2.75) is 31.6 Å². The number of carbonyl (C=O) groups is 2. The molecule has 1 rings (SSSR count). The molecular formula is C10H14BrF2NO3. The number of cyclic esters (lactones) is 1. The summed E-state index contributed by atoms with van der Waals surface area (Å²) in [6.45, 7) is 4.72. The number of nitrogens with zero attached hydrogens (tertiary/aromatic N) is 1. The molecule has 1 aliphatic rings. The quantitative estimate of drug-likeness (QED) is 0.752. The highest BCUT2D eigenvalue weighted by Crippen LogP contribution is 2.34. The van der Waals surface area contributed by atoms with Gasteiger partial charge in [-0.25, -0.2) is 9.69 Å². The zero-order valence-electron chi connectivity index (χ0n) is 9.75. The highest BCUT2D eigenvalue weighted by molar-refractivity contribution is 9.10. The van der Waals surface area contributed by atoms with Gasteiger partial charge in [0.1, 0.15) is 12.5 Å². The zero-order valence-corrected chi connectivity index (χ0v) is 11.3. The van der Waals surface area contributed by atoms with Crippen LogP contribution in [0, 0.1) is 11.8 Å². The van der Waals surface area contributed by atoms with Crippen LogP contribution in [0.5, 0.6) is 0 Å². The van der Waals surface area contributed by atoms with E-state index < -0.39 is 28.8 Å². The summed E-state index contributed by atoms with van der Waals surface area (Å²) in [6, 6.07) is -0.479. The Bertz CT molecular complexity index is 330. The Morgan fingerprint density at radius 2 is 2.06 bits per heavy atom. The maximum Gasteiger partial charge on any atom is 0.416 e. The third-order valence-electron chi connectivity index (χ3n) is 2.77. The van der Waals surface area contributed by atoms with Crippen LogP contribution in [-0.2, 0) is 9.53 Å². The molecule has 0 aromatic carbocycles. The maximum absolute atomic E-state index is 13.0. The van der Waals surface area contributed by atoms with Gasteiger partial charge in [0.2, 0.25) is 5.91 Å². The zero-order chi connectivity index (χ0) is 13.4. The fraction of sp³-hybridized carbons (Fsp3) is 0.800. The Morgan fingerprint density at radius 3 is 2.47 bits per heavy atom. The molecule has 0 radical (unpaired) electrons. The van der Waals surface area contributed by atoms with Crippen molar-refractivity contribution in [3.8, 4) is 0 Å². The van der Waals surface area contributed by atoms with Gasteiger partial charge in [-0.1, -0.05) is 13.8 Å². The second-order valence-corrected chi connectivity index (χ2v) is 5.42. The number of amides is 2. The van der Waals surface area contributed by atoms with Gasteiger partial charge in [-0.3, -0.25) is 4.79 Å². The lowest BCUT2D eigenvalue weighted by atomic mass is 10.0. The third kappa shape index (κ3) is 2.94. The number of hydrogen-bond donors (Lipinski definition) is 0. The monoisotopic (exact) mass is 313 g/mol. The van der Waals surface area contributed by atoms with Gasteiger partial charge < -0.3 is 4.74 Å². The molecule has 1 fully saturated rings. The highest BCUT2D eigenvalue weighted by Gasteiger charge is 2.47. The van der Waals surface area contributed by atoms with E-state index >= 15 is 0 Å². The standard InChI is InChI=1S/C10H14BrF2NO3/c1-5(2)7-4-17-9(16)14(7)8(15)6(3)10(11,12)13/h5-7H,4H2,1-3H3/t6-,7?/m0/s1. The number of hydrogen-bond acceptors (Lipinski definition) is 3. The molecule has 0 N–H and O–H groups in total. The predicted octanol–water partition coefficient (Wildman–Crippen LogP) is 2.61. The molecule has 0 aliphatic carbocycles. The minimum atomic E-state index is -3.34. The summed E-state index contributed by atoms with van der Waals surface area (Å²) < 4.78 is 30.7. The number of alkyl halides is 3. The Balaban J connectivity index is 2.90. The Hall–Kier alpha value is -0.720. The second kappa shape index (κ2) is 4.88. The number of ether oxygens (including phenoxy) is 1. The van der Waals surface area contributed by atoms with Crippen LogP contribution in [0.2, 0.25) is 0 Å². The molecule has 4 nitrogen and oxygen atoms in total. The van der Waals surface area contributed by atoms with E-state index in [4.69, 9.17) is 4.74 Å². The van der Waals surface area contributed by atoms with Crippen molar-refractivity contribution in [1.82, 2.24) is 4.90 Å². The maximum atomic E-state index is 13.0. The second-order valence-electron chi connectivity index (χ2n) is 4.36. The molecule has 0 saturated carbocycles. The van der Waals surface area contributed by atoms with E-state index in [2.05, 4.69) is 15.9 Å². The van der Waals surface area contributed by atoms with E-state index in [0.29, 0.717) is 0 Å². The third-order valence-corrected chi connectivity index (χ3v) is 3.46. The van der Waals surface area contributed by atoms with Gasteiger partial charge in [-0.15, -0.1) is 0 Å². The SMILES string of the molecule is CC(C)C1COC(=O)N1C(=O)[C@H](C)C(F)(F)Br. The topological polar surface area (TPSA) is 46.6 Å². The first-order chi connectivity index (χ1) is 7.66. The van der Waals surface area contributed by atoms with E-state index in [1.807, 2.05) is 0 Å². The fourth-order valence-electron chi connectivity index (χ4n) is 1.53. The molecule has 98 valence electrons. The van der Waals surface area contributed by atoms with Gasteiger partial charge in [-0.2, -0.15) is 8.78 Å². The first-order valence-electron chi connectivity index (χ1n) is 5.22. The van der Waals surface area contributed by atoms with Crippen molar-refractivity contribution in [1.29, 1.82) is 0 Å². The average molecular weight is 314 g/mol. The van der Waals surface area contributed by atoms with Gasteiger partial charge in [-0.05, 0) is 28.8 Å². The van der Waals surface area contributed by atoms with Gasteiger partial charge in [0.15, 0.2) is 0 Å². The number of imide groups is 1. The van der Waals surface area contributed by atoms with E-state index in [0.717, 1.165) is 11.8 Å². The molecule has 2 atom stereocenters. The van der Waals surface area contributed by atoms with E-state index in [1.165, 1.54) is 0 Å². The van der Waals surface area contributed by atoms with Crippen molar-refractivity contribution < 1.29 is 23.1 Å². The Morgan fingerprint density at radius 1 is 1.53 bits per heavy atom. The molecule has 17 heavy (non-hydrogen) atoms. The molecule has 2 amide bonds. The van der Waals surface area contributed by atoms with Crippen LogP contribution in [0.25, 0.3) is 0 Å². The number of rotatable bonds is 3. The molecule has 1 unspecified atom stereocenters. The van der Waals surface area contributed by atoms with Crippen molar-refractivity contribution >= 4 is 27.9 Å². The van der Waals surface area contributed by atoms with E-state index in [9.17, 15) is 18.4 Å². The van der Waals surface area contributed by atoms with Gasteiger partial charge >= 0.3 is 10.9 Å². The molecular weight excluding hydrogens is 300 g/mol. The molecule has 0 spiro atoms. The largest absolute Gasteiger partial charge is 0.447 e. The van der Waals surface area contributed by atoms with Crippen LogP contribution >= 0.6 is 15.9 Å². The normalized spacial score (nSPS) is 22.9. The van der Waals surface area contributed by atoms with E-state index in [1.54, 1.807) is 13.8 Å². The van der Waals surface area contributed by atoms with Crippen LogP contribution in [0.15, 0.2) is 0 Å². The van der Waals surface area contributed by atoms with Gasteiger partial charge in [0, 0.05) is 0 Å². The van der Waals surface area contributed by atoms with Crippen molar-refractivity contribution in [3.63, 3.8) is 0 Å². The summed E-state index contributed by atoms with van der Waals surface area (Å²) >= 11 is 2.14. The molecule has 1 heterocycles. The first-order valence-corrected chi connectivity index (χ1v) is 6.02. The minimum absolute atomic E-state index is 0.0402. The van der Waals surface area contributed by atoms with Crippen LogP contribution in [-0.4, -0.2) is 34.4 Å². The Labute approximate surface area is 106 Å². The van der Waals surface area contributed by atoms with Crippen molar-refractivity contribution in [2.75, 3.05) is 6.61 Å². The van der Waals surface area contributed by atoms with Crippen LogP contribution in [0.1, 0.15) is 20.8 Å². The number of halogens is 3. The smallest absolute Gasteiger partial charge is 0.416 e. The van der Waals surface area contributed by atoms with Gasteiger partial charge in [0.05, 0.1) is 6.04 Å². The lowest BCUT2D eigenvalue weighted by Crippen LogP contribution is -2.47. The molecule has 0 aromatic rings. The molecule has 0 bridgehead atoms. The molecule has 1 saturated heterocycles. The van der Waals surface area contributed by atoms with Crippen LogP contribution in [0.3, 0.4) is 0 Å². The van der Waals surface area contributed by atoms with Crippen molar-refractivity contribution in [2.24, 2.45) is 11.8 Å². The van der Waals surface area contributed by atoms with E-state index in [-0.39, 0.29) is 12.5 Å². The molecule has 1 aliphatic heterocycles. The average Bonchev–Trinajstić information content (AvgIpc) is 2.56. The minimum Gasteiger partial charge on any atom is -0.447 e. The summed E-state index contributed by atoms with van der Waals surface area (Å²) in [5, 5.41) is 0. The van der Waals surface area contributed by atoms with Gasteiger partial charge in [0.25, 0.3) is 0 Å². The summed E-state index contributed by atoms with van der Waals surface area (Å²) in [4.78, 5) is 20.7. The van der Waals surface area contributed by atoms with Crippen LogP contribution in [0.4, 0.5) is 13.6 Å². The van der Waals surface area contributed by atoms with Crippen LogP contribution < -0.4 is 0 Å².